The van der Waals surface area contributed by atoms with Gasteiger partial charge < -0.3 is 34.3 Å². The molecule has 4 aliphatic heterocycles. The number of nitrogens with zero attached hydrogens (tertiary/aromatic N) is 5. The molecule has 0 aliphatic carbocycles. The number of rotatable bonds is 12. The molecule has 6 amide bonds. The Labute approximate surface area is 362 Å². The second kappa shape index (κ2) is 17.8. The average Bonchev–Trinajstić information content (AvgIpc) is 4.17. The number of benzene rings is 4. The second-order valence-electron chi connectivity index (χ2n) is 15.9. The summed E-state index contributed by atoms with van der Waals surface area (Å²) in [5, 5.41) is 5.86. The molecule has 1 aromatic heterocycles. The highest BCUT2D eigenvalue weighted by molar-refractivity contribution is 5.99. The van der Waals surface area contributed by atoms with E-state index >= 15 is 0 Å². The van der Waals surface area contributed by atoms with Crippen LogP contribution in [-0.2, 0) is 28.7 Å². The monoisotopic (exact) mass is 851 g/mol. The summed E-state index contributed by atoms with van der Waals surface area (Å²) in [7, 11) is 0. The number of carbonyl (C=O) groups is 6. The molecule has 4 aliphatic rings. The van der Waals surface area contributed by atoms with Gasteiger partial charge in [0.25, 0.3) is 0 Å². The van der Waals surface area contributed by atoms with Crippen molar-refractivity contribution in [2.24, 2.45) is 0 Å². The first-order chi connectivity index (χ1) is 30.7. The van der Waals surface area contributed by atoms with E-state index in [2.05, 4.69) is 15.6 Å². The first-order valence-electron chi connectivity index (χ1n) is 21.0. The highest BCUT2D eigenvalue weighted by atomic mass is 16.6. The lowest BCUT2D eigenvalue weighted by Gasteiger charge is -2.27. The molecule has 4 saturated heterocycles. The van der Waals surface area contributed by atoms with E-state index in [0.717, 1.165) is 16.7 Å². The van der Waals surface area contributed by atoms with E-state index in [1.54, 1.807) is 59.6 Å². The zero-order chi connectivity index (χ0) is 43.5. The van der Waals surface area contributed by atoms with Crippen LogP contribution in [-0.4, -0.2) is 112 Å². The highest BCUT2D eigenvalue weighted by Gasteiger charge is 2.41. The molecule has 4 aromatic carbocycles. The smallest absolute Gasteiger partial charge is 0.410 e. The molecular formula is C47H45N7O9. The number of ether oxygens (including phenoxy) is 2. The summed E-state index contributed by atoms with van der Waals surface area (Å²) in [6, 6.07) is 30.9. The fraction of sp³-hybridized carbons (Fsp3) is 0.298. The molecule has 322 valence electrons. The Morgan fingerprint density at radius 1 is 0.587 bits per heavy atom. The minimum absolute atomic E-state index is 0.158. The van der Waals surface area contributed by atoms with Crippen molar-refractivity contribution in [2.75, 3.05) is 50.0 Å². The highest BCUT2D eigenvalue weighted by Crippen LogP contribution is 2.32. The number of anilines is 2. The van der Waals surface area contributed by atoms with Crippen molar-refractivity contribution < 1.29 is 42.7 Å². The zero-order valence-electron chi connectivity index (χ0n) is 34.3. The third kappa shape index (κ3) is 8.69. The van der Waals surface area contributed by atoms with Crippen LogP contribution in [0.1, 0.15) is 48.9 Å². The first kappa shape index (κ1) is 40.9. The van der Waals surface area contributed by atoms with E-state index in [1.165, 1.54) is 14.7 Å². The van der Waals surface area contributed by atoms with Crippen molar-refractivity contribution in [1.29, 1.82) is 0 Å². The number of hydrogen-bond acceptors (Lipinski definition) is 10. The molecule has 5 aromatic rings. The molecule has 4 fully saturated rings. The Kier molecular flexibility index (Phi) is 11.6. The molecule has 4 atom stereocenters. The molecule has 63 heavy (non-hydrogen) atoms. The maximum absolute atomic E-state index is 13.5. The van der Waals surface area contributed by atoms with Gasteiger partial charge in [-0.3, -0.25) is 29.0 Å². The summed E-state index contributed by atoms with van der Waals surface area (Å²) in [6.07, 6.45) is 2.84. The van der Waals surface area contributed by atoms with Gasteiger partial charge in [-0.1, -0.05) is 60.7 Å². The van der Waals surface area contributed by atoms with Gasteiger partial charge in [-0.15, -0.1) is 0 Å². The average molecular weight is 852 g/mol. The molecule has 0 unspecified atom stereocenters. The van der Waals surface area contributed by atoms with Crippen LogP contribution < -0.4 is 10.6 Å². The Bertz CT molecular complexity index is 2330. The molecular weight excluding hydrogens is 807 g/mol. The summed E-state index contributed by atoms with van der Waals surface area (Å²) in [6.45, 7) is 0.779. The van der Waals surface area contributed by atoms with E-state index < -0.39 is 24.3 Å². The quantitative estimate of drug-likeness (QED) is 0.145. The fourth-order valence-corrected chi connectivity index (χ4v) is 8.71. The number of oxazole rings is 1. The molecule has 16 nitrogen and oxygen atoms in total. The van der Waals surface area contributed by atoms with E-state index in [9.17, 15) is 28.8 Å². The van der Waals surface area contributed by atoms with Crippen LogP contribution in [0.15, 0.2) is 120 Å². The van der Waals surface area contributed by atoms with Crippen LogP contribution in [0.5, 0.6) is 0 Å². The third-order valence-corrected chi connectivity index (χ3v) is 12.0. The summed E-state index contributed by atoms with van der Waals surface area (Å²) in [4.78, 5) is 89.3. The van der Waals surface area contributed by atoms with Crippen LogP contribution in [0.25, 0.3) is 22.8 Å². The van der Waals surface area contributed by atoms with Gasteiger partial charge in [-0.05, 0) is 85.3 Å². The molecule has 9 rings (SSSR count). The summed E-state index contributed by atoms with van der Waals surface area (Å²) >= 11 is 0. The summed E-state index contributed by atoms with van der Waals surface area (Å²) < 4.78 is 16.6. The van der Waals surface area contributed by atoms with E-state index in [0.29, 0.717) is 67.4 Å². The van der Waals surface area contributed by atoms with Crippen molar-refractivity contribution in [3.63, 3.8) is 0 Å². The standard InChI is InChI=1S/C47H45N7O9/c55-41(26-53-38(28-61-46(53)59)30-9-3-1-4-10-30)51-23-7-13-36(51)43(57)49-34-19-15-32(16-20-34)40-25-48-45(63-40)33-17-21-35(22-18-33)50-44(58)37-14-8-24-52(37)42(56)27-54-39(29-62-47(54)60)31-11-5-2-6-12-31/h1-6,9-12,15-22,25,36-39H,7-8,13-14,23-24,26-29H2,(H,49,57)(H,50,58)/t36-,37-,38+,39+/m0/s1. The number of aromatic nitrogens is 1. The Hall–Kier alpha value is -7.49. The summed E-state index contributed by atoms with van der Waals surface area (Å²) in [5.74, 6) is -0.373. The molecule has 0 saturated carbocycles. The van der Waals surface area contributed by atoms with E-state index in [1.807, 2.05) is 60.7 Å². The van der Waals surface area contributed by atoms with Gasteiger partial charge in [0.1, 0.15) is 38.4 Å². The lowest BCUT2D eigenvalue weighted by Crippen LogP contribution is -2.47. The maximum Gasteiger partial charge on any atom is 0.410 e. The van der Waals surface area contributed by atoms with Crippen molar-refractivity contribution >= 4 is 47.2 Å². The minimum Gasteiger partial charge on any atom is -0.447 e. The molecule has 16 heteroatoms. The molecule has 5 heterocycles. The van der Waals surface area contributed by atoms with Gasteiger partial charge in [0.05, 0.1) is 18.3 Å². The van der Waals surface area contributed by atoms with Crippen molar-refractivity contribution in [2.45, 2.75) is 49.9 Å². The third-order valence-electron chi connectivity index (χ3n) is 12.0. The van der Waals surface area contributed by atoms with Crippen molar-refractivity contribution in [3.05, 3.63) is 127 Å². The van der Waals surface area contributed by atoms with Crippen molar-refractivity contribution in [1.82, 2.24) is 24.6 Å². The van der Waals surface area contributed by atoms with Crippen molar-refractivity contribution in [3.8, 4) is 22.8 Å². The Morgan fingerprint density at radius 2 is 1.03 bits per heavy atom. The number of hydrogen-bond donors (Lipinski definition) is 2. The summed E-state index contributed by atoms with van der Waals surface area (Å²) in [5.41, 5.74) is 4.25. The van der Waals surface area contributed by atoms with Crippen LogP contribution >= 0.6 is 0 Å². The lowest BCUT2D eigenvalue weighted by atomic mass is 10.1. The van der Waals surface area contributed by atoms with Gasteiger partial charge in [0.15, 0.2) is 5.76 Å². The fourth-order valence-electron chi connectivity index (χ4n) is 8.71. The second-order valence-corrected chi connectivity index (χ2v) is 15.9. The maximum atomic E-state index is 13.5. The number of cyclic esters (lactones) is 2. The number of carbonyl (C=O) groups excluding carboxylic acids is 6. The zero-order valence-corrected chi connectivity index (χ0v) is 34.3. The Morgan fingerprint density at radius 3 is 1.49 bits per heavy atom. The van der Waals surface area contributed by atoms with Gasteiger partial charge >= 0.3 is 12.2 Å². The molecule has 0 bridgehead atoms. The number of nitrogens with one attached hydrogen (secondary N) is 2. The van der Waals surface area contributed by atoms with Gasteiger partial charge in [-0.2, -0.15) is 0 Å². The predicted octanol–water partition coefficient (Wildman–Crippen LogP) is 6.25. The van der Waals surface area contributed by atoms with Gasteiger partial charge in [-0.25, -0.2) is 14.6 Å². The largest absolute Gasteiger partial charge is 0.447 e. The van der Waals surface area contributed by atoms with Crippen LogP contribution in [0.4, 0.5) is 21.0 Å². The van der Waals surface area contributed by atoms with Crippen LogP contribution in [0, 0.1) is 0 Å². The van der Waals surface area contributed by atoms with Gasteiger partial charge in [0.2, 0.25) is 29.5 Å². The number of amides is 6. The SMILES string of the molecule is O=C(Nc1ccc(-c2cnc(-c3ccc(NC(=O)[C@@H]4CCCN4C(=O)CN4C(=O)OC[C@@H]4c4ccccc4)cc3)o2)cc1)[C@@H]1CCCN1C(=O)CN1C(=O)OC[C@@H]1c1ccccc1. The van der Waals surface area contributed by atoms with Crippen LogP contribution in [0.2, 0.25) is 0 Å². The molecule has 0 radical (unpaired) electrons. The molecule has 2 N–H and O–H groups in total. The van der Waals surface area contributed by atoms with Crippen LogP contribution in [0.3, 0.4) is 0 Å². The topological polar surface area (TPSA) is 184 Å². The predicted molar refractivity (Wildman–Crippen MR) is 229 cm³/mol. The first-order valence-corrected chi connectivity index (χ1v) is 21.0. The number of likely N-dealkylation sites (tertiary alicyclic amines) is 2. The van der Waals surface area contributed by atoms with Gasteiger partial charge in [0, 0.05) is 35.6 Å². The molecule has 0 spiro atoms. The van der Waals surface area contributed by atoms with E-state index in [4.69, 9.17) is 13.9 Å². The normalized spacial score (nSPS) is 20.8. The minimum atomic E-state index is -0.677. The lowest BCUT2D eigenvalue weighted by molar-refractivity contribution is -0.137. The Balaban J connectivity index is 0.773. The van der Waals surface area contributed by atoms with E-state index in [-0.39, 0.29) is 62.0 Å².